The Hall–Kier alpha value is -3.16. The van der Waals surface area contributed by atoms with Gasteiger partial charge >= 0.3 is 0 Å². The maximum absolute atomic E-state index is 11.8. The predicted molar refractivity (Wildman–Crippen MR) is 85.6 cm³/mol. The van der Waals surface area contributed by atoms with Gasteiger partial charge in [-0.3, -0.25) is 14.9 Å². The summed E-state index contributed by atoms with van der Waals surface area (Å²) < 4.78 is 4.93. The fraction of sp³-hybridized carbons (Fsp3) is 0.200. The van der Waals surface area contributed by atoms with Crippen LogP contribution in [0.1, 0.15) is 6.42 Å². The summed E-state index contributed by atoms with van der Waals surface area (Å²) in [5, 5.41) is 16.5. The monoisotopic (exact) mass is 316 g/mol. The Morgan fingerprint density at radius 1 is 1.30 bits per heavy atom. The lowest BCUT2D eigenvalue weighted by Crippen LogP contribution is -2.16. The van der Waals surface area contributed by atoms with Gasteiger partial charge in [-0.2, -0.15) is 0 Å². The van der Waals surface area contributed by atoms with Crippen LogP contribution in [0.3, 0.4) is 0 Å². The minimum atomic E-state index is -0.467. The molecular formula is C15H16N4O4. The second-order valence-corrected chi connectivity index (χ2v) is 4.59. The summed E-state index contributed by atoms with van der Waals surface area (Å²) in [6.07, 6.45) is 1.66. The van der Waals surface area contributed by atoms with Crippen LogP contribution >= 0.6 is 0 Å². The molecule has 0 unspecified atom stereocenters. The lowest BCUT2D eigenvalue weighted by atomic mass is 10.2. The third-order valence-corrected chi connectivity index (χ3v) is 3.00. The number of para-hydroxylation sites is 2. The van der Waals surface area contributed by atoms with Crippen LogP contribution < -0.4 is 15.4 Å². The van der Waals surface area contributed by atoms with E-state index in [0.717, 1.165) is 0 Å². The Kier molecular flexibility index (Phi) is 5.45. The molecule has 0 saturated heterocycles. The number of pyridine rings is 1. The van der Waals surface area contributed by atoms with Crippen molar-refractivity contribution in [3.8, 4) is 5.88 Å². The summed E-state index contributed by atoms with van der Waals surface area (Å²) in [5.41, 5.74) is 0.921. The van der Waals surface area contributed by atoms with Gasteiger partial charge in [-0.15, -0.1) is 0 Å². The summed E-state index contributed by atoms with van der Waals surface area (Å²) in [5.74, 6) is 0.240. The number of methoxy groups -OCH3 is 1. The van der Waals surface area contributed by atoms with Gasteiger partial charge < -0.3 is 15.4 Å². The standard InChI is InChI=1S/C15H16N4O4/c1-23-15-7-6-11(10-17-15)18-14(20)8-9-16-12-4-2-3-5-13(12)19(21)22/h2-7,10,16H,8-9H2,1H3,(H,18,20). The molecule has 0 radical (unpaired) electrons. The van der Waals surface area contributed by atoms with Gasteiger partial charge in [0, 0.05) is 25.1 Å². The average molecular weight is 316 g/mol. The van der Waals surface area contributed by atoms with Gasteiger partial charge in [0.05, 0.1) is 23.9 Å². The van der Waals surface area contributed by atoms with Crippen molar-refractivity contribution in [3.63, 3.8) is 0 Å². The third kappa shape index (κ3) is 4.67. The molecule has 1 aromatic carbocycles. The highest BCUT2D eigenvalue weighted by atomic mass is 16.6. The number of benzene rings is 1. The topological polar surface area (TPSA) is 106 Å². The van der Waals surface area contributed by atoms with E-state index in [4.69, 9.17) is 4.74 Å². The molecule has 23 heavy (non-hydrogen) atoms. The molecular weight excluding hydrogens is 300 g/mol. The number of rotatable bonds is 7. The fourth-order valence-corrected chi connectivity index (χ4v) is 1.89. The van der Waals surface area contributed by atoms with Gasteiger partial charge in [0.25, 0.3) is 5.69 Å². The number of carbonyl (C=O) groups is 1. The highest BCUT2D eigenvalue weighted by Crippen LogP contribution is 2.22. The van der Waals surface area contributed by atoms with E-state index in [-0.39, 0.29) is 24.6 Å². The number of anilines is 2. The fourth-order valence-electron chi connectivity index (χ4n) is 1.89. The first-order chi connectivity index (χ1) is 11.1. The third-order valence-electron chi connectivity index (χ3n) is 3.00. The van der Waals surface area contributed by atoms with E-state index < -0.39 is 4.92 Å². The zero-order chi connectivity index (χ0) is 16.7. The molecule has 0 aliphatic carbocycles. The van der Waals surface area contributed by atoms with E-state index in [0.29, 0.717) is 17.3 Å². The van der Waals surface area contributed by atoms with Gasteiger partial charge in [0.2, 0.25) is 11.8 Å². The summed E-state index contributed by atoms with van der Waals surface area (Å²) in [4.78, 5) is 26.2. The number of nitrogens with zero attached hydrogens (tertiary/aromatic N) is 2. The number of carbonyl (C=O) groups excluding carboxylic acids is 1. The molecule has 0 bridgehead atoms. The van der Waals surface area contributed by atoms with Crippen LogP contribution in [0.2, 0.25) is 0 Å². The van der Waals surface area contributed by atoms with E-state index in [2.05, 4.69) is 15.6 Å². The number of aromatic nitrogens is 1. The van der Waals surface area contributed by atoms with Gasteiger partial charge in [-0.05, 0) is 12.1 Å². The number of nitro groups is 1. The van der Waals surface area contributed by atoms with Crippen molar-refractivity contribution in [1.29, 1.82) is 0 Å². The molecule has 2 N–H and O–H groups in total. The van der Waals surface area contributed by atoms with Crippen molar-refractivity contribution in [2.24, 2.45) is 0 Å². The number of nitrogens with one attached hydrogen (secondary N) is 2. The van der Waals surface area contributed by atoms with Crippen LogP contribution in [-0.4, -0.2) is 29.5 Å². The van der Waals surface area contributed by atoms with Crippen LogP contribution in [0.4, 0.5) is 17.1 Å². The summed E-state index contributed by atoms with van der Waals surface area (Å²) in [6, 6.07) is 9.61. The molecule has 8 nitrogen and oxygen atoms in total. The van der Waals surface area contributed by atoms with E-state index in [1.54, 1.807) is 30.3 Å². The van der Waals surface area contributed by atoms with Crippen LogP contribution in [0, 0.1) is 10.1 Å². The Morgan fingerprint density at radius 3 is 2.74 bits per heavy atom. The van der Waals surface area contributed by atoms with Crippen LogP contribution in [0.5, 0.6) is 5.88 Å². The quantitative estimate of drug-likeness (QED) is 0.600. The number of amides is 1. The maximum atomic E-state index is 11.8. The zero-order valence-electron chi connectivity index (χ0n) is 12.5. The van der Waals surface area contributed by atoms with Crippen molar-refractivity contribution in [2.45, 2.75) is 6.42 Å². The molecule has 0 fully saturated rings. The normalized spacial score (nSPS) is 9.96. The molecule has 1 aromatic heterocycles. The second kappa shape index (κ2) is 7.74. The highest BCUT2D eigenvalue weighted by Gasteiger charge is 2.12. The molecule has 0 aliphatic heterocycles. The molecule has 1 heterocycles. The smallest absolute Gasteiger partial charge is 0.292 e. The van der Waals surface area contributed by atoms with Crippen LogP contribution in [0.15, 0.2) is 42.6 Å². The Bertz CT molecular complexity index is 688. The molecule has 8 heteroatoms. The van der Waals surface area contributed by atoms with Crippen LogP contribution in [0.25, 0.3) is 0 Å². The number of hydrogen-bond donors (Lipinski definition) is 2. The molecule has 2 rings (SSSR count). The van der Waals surface area contributed by atoms with E-state index in [1.165, 1.54) is 19.4 Å². The van der Waals surface area contributed by atoms with Crippen molar-refractivity contribution in [3.05, 3.63) is 52.7 Å². The Morgan fingerprint density at radius 2 is 2.09 bits per heavy atom. The zero-order valence-corrected chi connectivity index (χ0v) is 12.5. The minimum Gasteiger partial charge on any atom is -0.481 e. The van der Waals surface area contributed by atoms with Gasteiger partial charge in [0.15, 0.2) is 0 Å². The van der Waals surface area contributed by atoms with Gasteiger partial charge in [-0.25, -0.2) is 4.98 Å². The number of nitro benzene ring substituents is 1. The molecule has 1 amide bonds. The van der Waals surface area contributed by atoms with Crippen molar-refractivity contribution in [2.75, 3.05) is 24.3 Å². The van der Waals surface area contributed by atoms with Crippen molar-refractivity contribution >= 4 is 23.0 Å². The lowest BCUT2D eigenvalue weighted by Gasteiger charge is -2.08. The first-order valence-corrected chi connectivity index (χ1v) is 6.87. The molecule has 0 aliphatic rings. The predicted octanol–water partition coefficient (Wildman–Crippen LogP) is 2.44. The van der Waals surface area contributed by atoms with E-state index in [1.807, 2.05) is 0 Å². The molecule has 2 aromatic rings. The van der Waals surface area contributed by atoms with Crippen molar-refractivity contribution < 1.29 is 14.5 Å². The van der Waals surface area contributed by atoms with Crippen LogP contribution in [-0.2, 0) is 4.79 Å². The van der Waals surface area contributed by atoms with Crippen molar-refractivity contribution in [1.82, 2.24) is 4.98 Å². The summed E-state index contributed by atoms with van der Waals surface area (Å²) in [7, 11) is 1.51. The molecule has 0 saturated carbocycles. The van der Waals surface area contributed by atoms with E-state index in [9.17, 15) is 14.9 Å². The van der Waals surface area contributed by atoms with Gasteiger partial charge in [-0.1, -0.05) is 12.1 Å². The first-order valence-electron chi connectivity index (χ1n) is 6.87. The lowest BCUT2D eigenvalue weighted by molar-refractivity contribution is -0.384. The average Bonchev–Trinajstić information content (AvgIpc) is 2.56. The number of ether oxygens (including phenoxy) is 1. The Labute approximate surface area is 132 Å². The summed E-state index contributed by atoms with van der Waals surface area (Å²) in [6.45, 7) is 0.278. The second-order valence-electron chi connectivity index (χ2n) is 4.59. The largest absolute Gasteiger partial charge is 0.481 e. The van der Waals surface area contributed by atoms with E-state index >= 15 is 0 Å². The molecule has 0 spiro atoms. The molecule has 120 valence electrons. The number of hydrogen-bond acceptors (Lipinski definition) is 6. The highest BCUT2D eigenvalue weighted by molar-refractivity contribution is 5.90. The van der Waals surface area contributed by atoms with Gasteiger partial charge in [0.1, 0.15) is 5.69 Å². The SMILES string of the molecule is COc1ccc(NC(=O)CCNc2ccccc2[N+](=O)[O-])cn1. The first kappa shape index (κ1) is 16.2. The minimum absolute atomic E-state index is 0.0211. The maximum Gasteiger partial charge on any atom is 0.292 e. The Balaban J connectivity index is 1.84. The molecule has 0 atom stereocenters. The summed E-state index contributed by atoms with van der Waals surface area (Å²) >= 11 is 0.